The second kappa shape index (κ2) is 6.43. The summed E-state index contributed by atoms with van der Waals surface area (Å²) in [5.41, 5.74) is 1.33. The van der Waals surface area contributed by atoms with E-state index >= 15 is 0 Å². The van der Waals surface area contributed by atoms with E-state index in [1.165, 1.54) is 6.20 Å². The van der Waals surface area contributed by atoms with Crippen LogP contribution in [0.25, 0.3) is 11.3 Å². The maximum Gasteiger partial charge on any atom is 0.342 e. The number of ether oxygens (including phenoxy) is 1. The molecule has 2 aromatic rings. The van der Waals surface area contributed by atoms with Gasteiger partial charge in [-0.3, -0.25) is 9.89 Å². The molecule has 2 rings (SSSR count). The Morgan fingerprint density at radius 3 is 2.55 bits per heavy atom. The van der Waals surface area contributed by atoms with Gasteiger partial charge in [0.2, 0.25) is 0 Å². The monoisotopic (exact) mass is 301 g/mol. The zero-order valence-electron chi connectivity index (χ0n) is 12.8. The number of amides is 1. The first-order chi connectivity index (χ1) is 10.4. The van der Waals surface area contributed by atoms with Crippen molar-refractivity contribution in [3.8, 4) is 11.3 Å². The predicted molar refractivity (Wildman–Crippen MR) is 82.2 cm³/mol. The van der Waals surface area contributed by atoms with Crippen LogP contribution in [0.15, 0.2) is 36.5 Å². The van der Waals surface area contributed by atoms with Crippen LogP contribution >= 0.6 is 0 Å². The highest BCUT2D eigenvalue weighted by Gasteiger charge is 2.19. The minimum absolute atomic E-state index is 0.301. The maximum absolute atomic E-state index is 12.1. The Bertz CT molecular complexity index is 657. The van der Waals surface area contributed by atoms with Gasteiger partial charge in [-0.2, -0.15) is 5.10 Å². The Balaban J connectivity index is 2.03. The van der Waals surface area contributed by atoms with Crippen molar-refractivity contribution in [1.82, 2.24) is 15.5 Å². The molecule has 0 fully saturated rings. The topological polar surface area (TPSA) is 84.1 Å². The van der Waals surface area contributed by atoms with Gasteiger partial charge in [0.05, 0.1) is 11.9 Å². The Kier molecular flexibility index (Phi) is 4.60. The summed E-state index contributed by atoms with van der Waals surface area (Å²) in [5, 5.41) is 9.38. The highest BCUT2D eigenvalue weighted by Crippen LogP contribution is 2.21. The standard InChI is InChI=1S/C16H19N3O3/c1-16(2,3)18-13(20)10-22-15(21)12-9-17-19-14(12)11-7-5-4-6-8-11/h4-9H,10H2,1-3H3,(H,17,19)(H,18,20). The summed E-state index contributed by atoms with van der Waals surface area (Å²) in [6, 6.07) is 9.33. The van der Waals surface area contributed by atoms with Gasteiger partial charge in [0.1, 0.15) is 5.56 Å². The second-order valence-corrected chi connectivity index (χ2v) is 5.90. The molecule has 0 bridgehead atoms. The van der Waals surface area contributed by atoms with Crippen molar-refractivity contribution < 1.29 is 14.3 Å². The fraction of sp³-hybridized carbons (Fsp3) is 0.312. The lowest BCUT2D eigenvalue weighted by Crippen LogP contribution is -2.42. The van der Waals surface area contributed by atoms with Crippen LogP contribution in [-0.4, -0.2) is 34.2 Å². The number of carbonyl (C=O) groups excluding carboxylic acids is 2. The molecule has 0 unspecified atom stereocenters. The summed E-state index contributed by atoms with van der Waals surface area (Å²) < 4.78 is 5.05. The molecule has 1 aromatic heterocycles. The number of aromatic amines is 1. The van der Waals surface area contributed by atoms with E-state index in [9.17, 15) is 9.59 Å². The number of nitrogens with zero attached hydrogens (tertiary/aromatic N) is 1. The third kappa shape index (κ3) is 4.18. The van der Waals surface area contributed by atoms with Crippen LogP contribution in [0.4, 0.5) is 0 Å². The molecule has 22 heavy (non-hydrogen) atoms. The van der Waals surface area contributed by atoms with Crippen LogP contribution in [0.3, 0.4) is 0 Å². The molecular formula is C16H19N3O3. The Hall–Kier alpha value is -2.63. The van der Waals surface area contributed by atoms with Gasteiger partial charge in [-0.05, 0) is 20.8 Å². The first-order valence-electron chi connectivity index (χ1n) is 6.94. The Morgan fingerprint density at radius 2 is 1.91 bits per heavy atom. The van der Waals surface area contributed by atoms with Crippen molar-refractivity contribution in [2.24, 2.45) is 0 Å². The van der Waals surface area contributed by atoms with Gasteiger partial charge in [0.15, 0.2) is 6.61 Å². The van der Waals surface area contributed by atoms with Gasteiger partial charge in [-0.1, -0.05) is 30.3 Å². The lowest BCUT2D eigenvalue weighted by molar-refractivity contribution is -0.125. The average molecular weight is 301 g/mol. The average Bonchev–Trinajstić information content (AvgIpc) is 2.93. The highest BCUT2D eigenvalue weighted by atomic mass is 16.5. The molecule has 0 radical (unpaired) electrons. The molecule has 116 valence electrons. The van der Waals surface area contributed by atoms with Gasteiger partial charge < -0.3 is 10.1 Å². The number of esters is 1. The molecule has 6 heteroatoms. The van der Waals surface area contributed by atoms with Gasteiger partial charge in [-0.15, -0.1) is 0 Å². The van der Waals surface area contributed by atoms with Gasteiger partial charge in [-0.25, -0.2) is 4.79 Å². The molecule has 0 spiro atoms. The molecule has 6 nitrogen and oxygen atoms in total. The summed E-state index contributed by atoms with van der Waals surface area (Å²) in [5.74, 6) is -0.928. The molecule has 0 aliphatic rings. The minimum atomic E-state index is -0.586. The Labute approximate surface area is 128 Å². The van der Waals surface area contributed by atoms with E-state index in [0.29, 0.717) is 11.3 Å². The maximum atomic E-state index is 12.1. The fourth-order valence-corrected chi connectivity index (χ4v) is 1.93. The molecule has 2 N–H and O–H groups in total. The van der Waals surface area contributed by atoms with E-state index in [0.717, 1.165) is 5.56 Å². The molecule has 0 aliphatic carbocycles. The SMILES string of the molecule is CC(C)(C)NC(=O)COC(=O)c1cn[nH]c1-c1ccccc1. The zero-order chi connectivity index (χ0) is 16.2. The van der Waals surface area contributed by atoms with Crippen molar-refractivity contribution in [2.75, 3.05) is 6.61 Å². The van der Waals surface area contributed by atoms with Crippen LogP contribution in [0.2, 0.25) is 0 Å². The van der Waals surface area contributed by atoms with Crippen LogP contribution in [0, 0.1) is 0 Å². The largest absolute Gasteiger partial charge is 0.452 e. The van der Waals surface area contributed by atoms with E-state index < -0.39 is 5.97 Å². The summed E-state index contributed by atoms with van der Waals surface area (Å²) in [7, 11) is 0. The van der Waals surface area contributed by atoms with E-state index in [2.05, 4.69) is 15.5 Å². The van der Waals surface area contributed by atoms with E-state index in [-0.39, 0.29) is 18.1 Å². The third-order valence-electron chi connectivity index (χ3n) is 2.77. The van der Waals surface area contributed by atoms with Crippen molar-refractivity contribution >= 4 is 11.9 Å². The summed E-state index contributed by atoms with van der Waals surface area (Å²) in [4.78, 5) is 23.8. The summed E-state index contributed by atoms with van der Waals surface area (Å²) in [6.45, 7) is 5.25. The Morgan fingerprint density at radius 1 is 1.23 bits per heavy atom. The molecule has 0 atom stereocenters. The molecule has 1 amide bonds. The molecule has 0 saturated heterocycles. The van der Waals surface area contributed by atoms with E-state index in [1.54, 1.807) is 0 Å². The van der Waals surface area contributed by atoms with Gasteiger partial charge >= 0.3 is 5.97 Å². The summed E-state index contributed by atoms with van der Waals surface area (Å²) in [6.07, 6.45) is 1.40. The first kappa shape index (κ1) is 15.8. The summed E-state index contributed by atoms with van der Waals surface area (Å²) >= 11 is 0. The van der Waals surface area contributed by atoms with Crippen LogP contribution in [0.1, 0.15) is 31.1 Å². The smallest absolute Gasteiger partial charge is 0.342 e. The van der Waals surface area contributed by atoms with E-state index in [4.69, 9.17) is 4.74 Å². The number of carbonyl (C=O) groups is 2. The quantitative estimate of drug-likeness (QED) is 0.847. The fourth-order valence-electron chi connectivity index (χ4n) is 1.93. The number of hydrogen-bond donors (Lipinski definition) is 2. The van der Waals surface area contributed by atoms with Crippen molar-refractivity contribution in [1.29, 1.82) is 0 Å². The lowest BCUT2D eigenvalue weighted by atomic mass is 10.1. The van der Waals surface area contributed by atoms with Gasteiger partial charge in [0, 0.05) is 11.1 Å². The second-order valence-electron chi connectivity index (χ2n) is 5.90. The van der Waals surface area contributed by atoms with Crippen molar-refractivity contribution in [3.05, 3.63) is 42.1 Å². The van der Waals surface area contributed by atoms with Crippen LogP contribution in [0.5, 0.6) is 0 Å². The number of benzene rings is 1. The third-order valence-corrected chi connectivity index (χ3v) is 2.77. The predicted octanol–water partition coefficient (Wildman–Crippen LogP) is 2.15. The van der Waals surface area contributed by atoms with Crippen molar-refractivity contribution in [2.45, 2.75) is 26.3 Å². The normalized spacial score (nSPS) is 11.0. The number of H-pyrrole nitrogens is 1. The van der Waals surface area contributed by atoms with Crippen LogP contribution < -0.4 is 5.32 Å². The van der Waals surface area contributed by atoms with Crippen LogP contribution in [-0.2, 0) is 9.53 Å². The van der Waals surface area contributed by atoms with Gasteiger partial charge in [0.25, 0.3) is 5.91 Å². The minimum Gasteiger partial charge on any atom is -0.452 e. The van der Waals surface area contributed by atoms with Crippen molar-refractivity contribution in [3.63, 3.8) is 0 Å². The highest BCUT2D eigenvalue weighted by molar-refractivity contribution is 5.97. The number of hydrogen-bond acceptors (Lipinski definition) is 4. The molecule has 0 aliphatic heterocycles. The zero-order valence-corrected chi connectivity index (χ0v) is 12.8. The molecule has 1 heterocycles. The number of rotatable bonds is 4. The first-order valence-corrected chi connectivity index (χ1v) is 6.94. The molecule has 1 aromatic carbocycles. The number of nitrogens with one attached hydrogen (secondary N) is 2. The van der Waals surface area contributed by atoms with E-state index in [1.807, 2.05) is 51.1 Å². The number of aromatic nitrogens is 2. The molecular weight excluding hydrogens is 282 g/mol. The lowest BCUT2D eigenvalue weighted by Gasteiger charge is -2.20. The molecule has 0 saturated carbocycles.